The predicted octanol–water partition coefficient (Wildman–Crippen LogP) is 3.62. The Bertz CT molecular complexity index is 867. The molecule has 7 heteroatoms. The zero-order valence-corrected chi connectivity index (χ0v) is 16.1. The van der Waals surface area contributed by atoms with Gasteiger partial charge in [0.25, 0.3) is 0 Å². The molecule has 27 heavy (non-hydrogen) atoms. The van der Waals surface area contributed by atoms with Crippen LogP contribution in [0.2, 0.25) is 0 Å². The number of nitrogens with one attached hydrogen (secondary N) is 1. The lowest BCUT2D eigenvalue weighted by atomic mass is 10.2. The summed E-state index contributed by atoms with van der Waals surface area (Å²) in [6.45, 7) is 2.23. The standard InChI is InChI=1S/C20H24N2O4S/c1-2-15-27(24,25)22-14-6-9-19(22)20(23)21-16-10-12-18(13-11-16)26-17-7-4-3-5-8-17/h3-5,7-8,10-13,19H,2,6,9,14-15H2,1H3,(H,21,23)/t19-/m1/s1. The molecular weight excluding hydrogens is 364 g/mol. The molecule has 0 aliphatic carbocycles. The monoisotopic (exact) mass is 388 g/mol. The summed E-state index contributed by atoms with van der Waals surface area (Å²) in [6.07, 6.45) is 1.78. The van der Waals surface area contributed by atoms with Crippen LogP contribution >= 0.6 is 0 Å². The number of hydrogen-bond acceptors (Lipinski definition) is 4. The van der Waals surface area contributed by atoms with Gasteiger partial charge in [0.2, 0.25) is 15.9 Å². The fourth-order valence-electron chi connectivity index (χ4n) is 3.17. The first kappa shape index (κ1) is 19.4. The molecule has 3 rings (SSSR count). The maximum absolute atomic E-state index is 12.6. The third kappa shape index (κ3) is 4.87. The second-order valence-electron chi connectivity index (χ2n) is 6.51. The van der Waals surface area contributed by atoms with Crippen LogP contribution in [0, 0.1) is 0 Å². The van der Waals surface area contributed by atoms with E-state index >= 15 is 0 Å². The first-order valence-corrected chi connectivity index (χ1v) is 10.7. The van der Waals surface area contributed by atoms with Gasteiger partial charge in [0.05, 0.1) is 5.75 Å². The number of carbonyl (C=O) groups excluding carboxylic acids is 1. The van der Waals surface area contributed by atoms with Gasteiger partial charge in [-0.25, -0.2) is 8.42 Å². The molecule has 1 heterocycles. The van der Waals surface area contributed by atoms with Crippen molar-refractivity contribution >= 4 is 21.6 Å². The van der Waals surface area contributed by atoms with Gasteiger partial charge in [-0.05, 0) is 55.7 Å². The Kier molecular flexibility index (Phi) is 6.13. The zero-order valence-electron chi connectivity index (χ0n) is 15.3. The quantitative estimate of drug-likeness (QED) is 0.786. The second kappa shape index (κ2) is 8.54. The molecule has 2 aromatic carbocycles. The molecule has 2 aromatic rings. The summed E-state index contributed by atoms with van der Waals surface area (Å²) in [7, 11) is -3.39. The number of rotatable bonds is 7. The Morgan fingerprint density at radius 3 is 2.44 bits per heavy atom. The maximum Gasteiger partial charge on any atom is 0.242 e. The smallest absolute Gasteiger partial charge is 0.242 e. The Morgan fingerprint density at radius 2 is 1.78 bits per heavy atom. The van der Waals surface area contributed by atoms with E-state index in [1.807, 2.05) is 37.3 Å². The van der Waals surface area contributed by atoms with Gasteiger partial charge in [-0.2, -0.15) is 4.31 Å². The van der Waals surface area contributed by atoms with E-state index in [1.54, 1.807) is 24.3 Å². The average Bonchev–Trinajstić information content (AvgIpc) is 3.15. The summed E-state index contributed by atoms with van der Waals surface area (Å²) in [6, 6.07) is 15.8. The van der Waals surface area contributed by atoms with Crippen molar-refractivity contribution < 1.29 is 17.9 Å². The molecule has 1 N–H and O–H groups in total. The minimum absolute atomic E-state index is 0.0717. The van der Waals surface area contributed by atoms with Crippen molar-refractivity contribution in [2.45, 2.75) is 32.2 Å². The Labute approximate surface area is 160 Å². The average molecular weight is 388 g/mol. The van der Waals surface area contributed by atoms with Crippen LogP contribution in [0.4, 0.5) is 5.69 Å². The van der Waals surface area contributed by atoms with E-state index in [-0.39, 0.29) is 11.7 Å². The minimum Gasteiger partial charge on any atom is -0.457 e. The Balaban J connectivity index is 1.63. The van der Waals surface area contributed by atoms with E-state index in [1.165, 1.54) is 4.31 Å². The van der Waals surface area contributed by atoms with Crippen LogP contribution in [0.25, 0.3) is 0 Å². The molecule has 0 saturated carbocycles. The van der Waals surface area contributed by atoms with Crippen molar-refractivity contribution in [1.82, 2.24) is 4.31 Å². The molecule has 0 radical (unpaired) electrons. The highest BCUT2D eigenvalue weighted by Crippen LogP contribution is 2.25. The molecule has 0 bridgehead atoms. The molecule has 0 aromatic heterocycles. The number of hydrogen-bond donors (Lipinski definition) is 1. The second-order valence-corrected chi connectivity index (χ2v) is 8.55. The number of sulfonamides is 1. The molecule has 1 aliphatic rings. The molecule has 1 fully saturated rings. The molecule has 1 amide bonds. The van der Waals surface area contributed by atoms with Gasteiger partial charge in [-0.3, -0.25) is 4.79 Å². The van der Waals surface area contributed by atoms with Gasteiger partial charge in [0, 0.05) is 12.2 Å². The van der Waals surface area contributed by atoms with Crippen molar-refractivity contribution in [2.75, 3.05) is 17.6 Å². The lowest BCUT2D eigenvalue weighted by Crippen LogP contribution is -2.44. The molecule has 1 atom stereocenters. The number of anilines is 1. The highest BCUT2D eigenvalue weighted by Gasteiger charge is 2.38. The fourth-order valence-corrected chi connectivity index (χ4v) is 4.91. The normalized spacial score (nSPS) is 17.6. The van der Waals surface area contributed by atoms with Gasteiger partial charge in [-0.15, -0.1) is 0 Å². The summed E-state index contributed by atoms with van der Waals surface area (Å²) in [4.78, 5) is 12.6. The van der Waals surface area contributed by atoms with Crippen molar-refractivity contribution in [3.8, 4) is 11.5 Å². The molecule has 6 nitrogen and oxygen atoms in total. The topological polar surface area (TPSA) is 75.7 Å². The molecule has 0 unspecified atom stereocenters. The van der Waals surface area contributed by atoms with Crippen LogP contribution in [0.5, 0.6) is 11.5 Å². The van der Waals surface area contributed by atoms with E-state index in [0.29, 0.717) is 37.2 Å². The third-order valence-electron chi connectivity index (χ3n) is 4.43. The van der Waals surface area contributed by atoms with E-state index in [4.69, 9.17) is 4.74 Å². The lowest BCUT2D eigenvalue weighted by molar-refractivity contribution is -0.119. The van der Waals surface area contributed by atoms with E-state index in [9.17, 15) is 13.2 Å². The highest BCUT2D eigenvalue weighted by atomic mass is 32.2. The number of carbonyl (C=O) groups is 1. The number of para-hydroxylation sites is 1. The molecule has 1 saturated heterocycles. The van der Waals surface area contributed by atoms with Crippen LogP contribution in [0.3, 0.4) is 0 Å². The SMILES string of the molecule is CCCS(=O)(=O)N1CCC[C@@H]1C(=O)Nc1ccc(Oc2ccccc2)cc1. The Morgan fingerprint density at radius 1 is 1.11 bits per heavy atom. The first-order chi connectivity index (χ1) is 13.0. The summed E-state index contributed by atoms with van der Waals surface area (Å²) in [5.74, 6) is 1.18. The molecule has 144 valence electrons. The van der Waals surface area contributed by atoms with Gasteiger partial charge in [0.1, 0.15) is 17.5 Å². The van der Waals surface area contributed by atoms with Crippen LogP contribution in [-0.2, 0) is 14.8 Å². The largest absolute Gasteiger partial charge is 0.457 e. The number of ether oxygens (including phenoxy) is 1. The van der Waals surface area contributed by atoms with E-state index in [0.717, 1.165) is 5.75 Å². The first-order valence-electron chi connectivity index (χ1n) is 9.13. The summed E-state index contributed by atoms with van der Waals surface area (Å²) in [5, 5.41) is 2.82. The number of nitrogens with zero attached hydrogens (tertiary/aromatic N) is 1. The molecule has 0 spiro atoms. The zero-order chi connectivity index (χ0) is 19.3. The van der Waals surface area contributed by atoms with Crippen molar-refractivity contribution in [1.29, 1.82) is 0 Å². The fraction of sp³-hybridized carbons (Fsp3) is 0.350. The number of benzene rings is 2. The summed E-state index contributed by atoms with van der Waals surface area (Å²) in [5.41, 5.74) is 0.611. The van der Waals surface area contributed by atoms with E-state index < -0.39 is 16.1 Å². The summed E-state index contributed by atoms with van der Waals surface area (Å²) < 4.78 is 31.8. The Hall–Kier alpha value is -2.38. The van der Waals surface area contributed by atoms with Gasteiger partial charge >= 0.3 is 0 Å². The maximum atomic E-state index is 12.6. The van der Waals surface area contributed by atoms with Crippen molar-refractivity contribution in [2.24, 2.45) is 0 Å². The van der Waals surface area contributed by atoms with Crippen molar-refractivity contribution in [3.63, 3.8) is 0 Å². The van der Waals surface area contributed by atoms with Crippen LogP contribution in [0.1, 0.15) is 26.2 Å². The highest BCUT2D eigenvalue weighted by molar-refractivity contribution is 7.89. The third-order valence-corrected chi connectivity index (χ3v) is 6.50. The van der Waals surface area contributed by atoms with Crippen LogP contribution < -0.4 is 10.1 Å². The summed E-state index contributed by atoms with van der Waals surface area (Å²) >= 11 is 0. The van der Waals surface area contributed by atoms with Gasteiger partial charge < -0.3 is 10.1 Å². The lowest BCUT2D eigenvalue weighted by Gasteiger charge is -2.23. The van der Waals surface area contributed by atoms with Gasteiger partial charge in [-0.1, -0.05) is 25.1 Å². The van der Waals surface area contributed by atoms with Gasteiger partial charge in [0.15, 0.2) is 0 Å². The van der Waals surface area contributed by atoms with E-state index in [2.05, 4.69) is 5.32 Å². The van der Waals surface area contributed by atoms with Crippen LogP contribution in [0.15, 0.2) is 54.6 Å². The predicted molar refractivity (Wildman–Crippen MR) is 105 cm³/mol. The minimum atomic E-state index is -3.39. The molecular formula is C20H24N2O4S. The van der Waals surface area contributed by atoms with Crippen molar-refractivity contribution in [3.05, 3.63) is 54.6 Å². The van der Waals surface area contributed by atoms with Crippen LogP contribution in [-0.4, -0.2) is 37.0 Å². The molecule has 1 aliphatic heterocycles. The number of amides is 1.